The van der Waals surface area contributed by atoms with Crippen molar-refractivity contribution in [1.82, 2.24) is 10.2 Å². The van der Waals surface area contributed by atoms with Gasteiger partial charge in [-0.2, -0.15) is 13.2 Å². The van der Waals surface area contributed by atoms with E-state index in [4.69, 9.17) is 5.73 Å². The van der Waals surface area contributed by atoms with Crippen LogP contribution in [0.25, 0.3) is 0 Å². The zero-order chi connectivity index (χ0) is 20.1. The molecule has 3 rings (SSSR count). The van der Waals surface area contributed by atoms with Gasteiger partial charge in [-0.15, -0.1) is 24.0 Å². The molecular formula is C21H32F3IN4. The molecule has 1 saturated carbocycles. The first kappa shape index (κ1) is 24.2. The number of rotatable bonds is 4. The van der Waals surface area contributed by atoms with Gasteiger partial charge in [0.2, 0.25) is 0 Å². The van der Waals surface area contributed by atoms with E-state index in [2.05, 4.69) is 15.2 Å². The van der Waals surface area contributed by atoms with Crippen LogP contribution in [-0.2, 0) is 6.18 Å². The Morgan fingerprint density at radius 1 is 1.10 bits per heavy atom. The van der Waals surface area contributed by atoms with Crippen molar-refractivity contribution in [2.45, 2.75) is 63.2 Å². The fraction of sp³-hybridized carbons (Fsp3) is 0.667. The molecule has 164 valence electrons. The number of alkyl halides is 3. The standard InChI is InChI=1S/C21H31F3N4.HI/c1-28-13-5-6-16(14-26-20(25)27-18-7-3-2-4-8-18)19(28)15-9-11-17(12-10-15)21(22,23)24;/h9-12,16,18-19H,2-8,13-14H2,1H3,(H3,25,26,27);1H. The number of aliphatic imine (C=N–C) groups is 1. The van der Waals surface area contributed by atoms with Crippen LogP contribution in [0.5, 0.6) is 0 Å². The molecule has 0 bridgehead atoms. The largest absolute Gasteiger partial charge is 0.416 e. The van der Waals surface area contributed by atoms with E-state index in [1.807, 2.05) is 7.05 Å². The normalized spacial score (nSPS) is 24.8. The summed E-state index contributed by atoms with van der Waals surface area (Å²) >= 11 is 0. The van der Waals surface area contributed by atoms with Crippen LogP contribution in [0.3, 0.4) is 0 Å². The predicted molar refractivity (Wildman–Crippen MR) is 121 cm³/mol. The smallest absolute Gasteiger partial charge is 0.370 e. The maximum Gasteiger partial charge on any atom is 0.416 e. The molecule has 3 N–H and O–H groups in total. The lowest BCUT2D eigenvalue weighted by Gasteiger charge is -2.39. The first-order chi connectivity index (χ1) is 13.3. The van der Waals surface area contributed by atoms with Crippen LogP contribution < -0.4 is 11.1 Å². The molecule has 4 nitrogen and oxygen atoms in total. The minimum Gasteiger partial charge on any atom is -0.370 e. The quantitative estimate of drug-likeness (QED) is 0.333. The van der Waals surface area contributed by atoms with Crippen LogP contribution in [0.4, 0.5) is 13.2 Å². The Bertz CT molecular complexity index is 657. The van der Waals surface area contributed by atoms with E-state index in [1.54, 1.807) is 12.1 Å². The molecule has 1 heterocycles. The Balaban J connectivity index is 0.00000300. The van der Waals surface area contributed by atoms with Gasteiger partial charge in [-0.05, 0) is 62.9 Å². The van der Waals surface area contributed by atoms with Gasteiger partial charge in [-0.1, -0.05) is 31.4 Å². The Labute approximate surface area is 188 Å². The average Bonchev–Trinajstić information content (AvgIpc) is 2.67. The third-order valence-corrected chi connectivity index (χ3v) is 6.04. The average molecular weight is 524 g/mol. The van der Waals surface area contributed by atoms with Gasteiger partial charge in [-0.25, -0.2) is 0 Å². The van der Waals surface area contributed by atoms with Crippen LogP contribution in [0, 0.1) is 5.92 Å². The lowest BCUT2D eigenvalue weighted by molar-refractivity contribution is -0.137. The van der Waals surface area contributed by atoms with Crippen molar-refractivity contribution in [3.8, 4) is 0 Å². The maximum absolute atomic E-state index is 12.9. The highest BCUT2D eigenvalue weighted by Crippen LogP contribution is 2.37. The maximum atomic E-state index is 12.9. The van der Waals surface area contributed by atoms with Crippen LogP contribution in [0.15, 0.2) is 29.3 Å². The van der Waals surface area contributed by atoms with Crippen LogP contribution >= 0.6 is 24.0 Å². The number of hydrogen-bond acceptors (Lipinski definition) is 2. The van der Waals surface area contributed by atoms with Gasteiger partial charge in [0, 0.05) is 18.6 Å². The second-order valence-corrected chi connectivity index (χ2v) is 8.15. The van der Waals surface area contributed by atoms with Crippen LogP contribution in [0.2, 0.25) is 0 Å². The van der Waals surface area contributed by atoms with Gasteiger partial charge in [-0.3, -0.25) is 9.89 Å². The molecule has 0 amide bonds. The predicted octanol–water partition coefficient (Wildman–Crippen LogP) is 4.94. The van der Waals surface area contributed by atoms with Crippen molar-refractivity contribution < 1.29 is 13.2 Å². The van der Waals surface area contributed by atoms with Gasteiger partial charge in [0.25, 0.3) is 0 Å². The lowest BCUT2D eigenvalue weighted by Crippen LogP contribution is -2.42. The third-order valence-electron chi connectivity index (χ3n) is 6.04. The molecule has 1 aromatic carbocycles. The Hall–Kier alpha value is -1.03. The molecule has 1 aliphatic heterocycles. The van der Waals surface area contributed by atoms with Gasteiger partial charge in [0.1, 0.15) is 0 Å². The minimum absolute atomic E-state index is 0. The molecular weight excluding hydrogens is 492 g/mol. The molecule has 0 spiro atoms. The third kappa shape index (κ3) is 6.73. The highest BCUT2D eigenvalue weighted by atomic mass is 127. The molecule has 0 radical (unpaired) electrons. The SMILES string of the molecule is CN1CCCC(CN=C(N)NC2CCCCC2)C1c1ccc(C(F)(F)F)cc1.I. The number of hydrogen-bond donors (Lipinski definition) is 2. The molecule has 2 fully saturated rings. The van der Waals surface area contributed by atoms with Crippen molar-refractivity contribution in [2.75, 3.05) is 20.1 Å². The summed E-state index contributed by atoms with van der Waals surface area (Å²) in [5, 5.41) is 3.34. The summed E-state index contributed by atoms with van der Waals surface area (Å²) in [6, 6.07) is 6.04. The number of likely N-dealkylation sites (tertiary alicyclic amines) is 1. The zero-order valence-corrected chi connectivity index (χ0v) is 19.2. The summed E-state index contributed by atoms with van der Waals surface area (Å²) in [7, 11) is 2.03. The molecule has 2 atom stereocenters. The fourth-order valence-electron chi connectivity index (χ4n) is 4.56. The van der Waals surface area contributed by atoms with E-state index in [-0.39, 0.29) is 35.9 Å². The highest BCUT2D eigenvalue weighted by molar-refractivity contribution is 14.0. The van der Waals surface area contributed by atoms with E-state index in [9.17, 15) is 13.2 Å². The van der Waals surface area contributed by atoms with E-state index in [0.29, 0.717) is 18.5 Å². The number of benzene rings is 1. The first-order valence-electron chi connectivity index (χ1n) is 10.3. The number of guanidine groups is 1. The number of halogens is 4. The van der Waals surface area contributed by atoms with Crippen molar-refractivity contribution in [3.63, 3.8) is 0 Å². The summed E-state index contributed by atoms with van der Waals surface area (Å²) in [4.78, 5) is 6.80. The Morgan fingerprint density at radius 2 is 1.76 bits per heavy atom. The van der Waals surface area contributed by atoms with Crippen molar-refractivity contribution in [2.24, 2.45) is 16.6 Å². The van der Waals surface area contributed by atoms with Gasteiger partial charge >= 0.3 is 6.18 Å². The van der Waals surface area contributed by atoms with E-state index in [1.165, 1.54) is 31.4 Å². The summed E-state index contributed by atoms with van der Waals surface area (Å²) < 4.78 is 38.6. The minimum atomic E-state index is -4.31. The fourth-order valence-corrected chi connectivity index (χ4v) is 4.56. The Kier molecular flexibility index (Phi) is 9.06. The molecule has 2 unspecified atom stereocenters. The second kappa shape index (κ2) is 10.8. The topological polar surface area (TPSA) is 53.6 Å². The molecule has 8 heteroatoms. The second-order valence-electron chi connectivity index (χ2n) is 8.15. The van der Waals surface area contributed by atoms with E-state index in [0.717, 1.165) is 37.8 Å². The first-order valence-corrected chi connectivity index (χ1v) is 10.3. The summed E-state index contributed by atoms with van der Waals surface area (Å²) in [6.45, 7) is 1.52. The molecule has 1 aromatic rings. The van der Waals surface area contributed by atoms with E-state index < -0.39 is 11.7 Å². The molecule has 2 aliphatic rings. The van der Waals surface area contributed by atoms with Crippen molar-refractivity contribution >= 4 is 29.9 Å². The molecule has 0 aromatic heterocycles. The number of nitrogens with two attached hydrogens (primary N) is 1. The lowest BCUT2D eigenvalue weighted by atomic mass is 9.84. The molecule has 1 saturated heterocycles. The van der Waals surface area contributed by atoms with Crippen LogP contribution in [-0.4, -0.2) is 37.0 Å². The molecule has 1 aliphatic carbocycles. The number of nitrogens with zero attached hydrogens (tertiary/aromatic N) is 2. The van der Waals surface area contributed by atoms with E-state index >= 15 is 0 Å². The zero-order valence-electron chi connectivity index (χ0n) is 16.9. The highest BCUT2D eigenvalue weighted by Gasteiger charge is 2.33. The molecule has 29 heavy (non-hydrogen) atoms. The summed E-state index contributed by atoms with van der Waals surface area (Å²) in [5.41, 5.74) is 6.41. The van der Waals surface area contributed by atoms with Gasteiger partial charge in [0.05, 0.1) is 5.56 Å². The monoisotopic (exact) mass is 524 g/mol. The number of piperidine rings is 1. The summed E-state index contributed by atoms with van der Waals surface area (Å²) in [6.07, 6.45) is 3.77. The summed E-state index contributed by atoms with van der Waals surface area (Å²) in [5.74, 6) is 0.730. The van der Waals surface area contributed by atoms with Crippen LogP contribution in [0.1, 0.15) is 62.1 Å². The Morgan fingerprint density at radius 3 is 2.38 bits per heavy atom. The van der Waals surface area contributed by atoms with Gasteiger partial charge in [0.15, 0.2) is 5.96 Å². The number of nitrogens with one attached hydrogen (secondary N) is 1. The van der Waals surface area contributed by atoms with Gasteiger partial charge < -0.3 is 11.1 Å². The van der Waals surface area contributed by atoms with Crippen molar-refractivity contribution in [1.29, 1.82) is 0 Å². The van der Waals surface area contributed by atoms with Crippen molar-refractivity contribution in [3.05, 3.63) is 35.4 Å².